The van der Waals surface area contributed by atoms with Crippen LogP contribution in [0.25, 0.3) is 0 Å². The van der Waals surface area contributed by atoms with Gasteiger partial charge in [-0.1, -0.05) is 52.9 Å². The highest BCUT2D eigenvalue weighted by Crippen LogP contribution is 2.32. The molecule has 1 heterocycles. The quantitative estimate of drug-likeness (QED) is 0.545. The first-order valence-electron chi connectivity index (χ1n) is 7.96. The summed E-state index contributed by atoms with van der Waals surface area (Å²) in [5.74, 6) is 0.389. The smallest absolute Gasteiger partial charge is 0.168 e. The van der Waals surface area contributed by atoms with Gasteiger partial charge in [0.2, 0.25) is 0 Å². The van der Waals surface area contributed by atoms with Gasteiger partial charge in [-0.3, -0.25) is 0 Å². The van der Waals surface area contributed by atoms with Crippen LogP contribution in [0.2, 0.25) is 0 Å². The monoisotopic (exact) mass is 256 g/mol. The van der Waals surface area contributed by atoms with E-state index in [2.05, 4.69) is 20.8 Å². The Morgan fingerprint density at radius 2 is 1.56 bits per heavy atom. The summed E-state index contributed by atoms with van der Waals surface area (Å²) >= 11 is 0. The first kappa shape index (κ1) is 16.0. The van der Waals surface area contributed by atoms with Gasteiger partial charge in [0.05, 0.1) is 13.2 Å². The van der Waals surface area contributed by atoms with E-state index >= 15 is 0 Å². The standard InChI is InChI=1S/C16H32O2/c1-4-5-6-7-8-9-11-16(14-15(2)3)17-12-10-13-18-16/h15H,4-14H2,1-3H3. The van der Waals surface area contributed by atoms with Gasteiger partial charge < -0.3 is 9.47 Å². The van der Waals surface area contributed by atoms with Crippen LogP contribution in [0.5, 0.6) is 0 Å². The lowest BCUT2D eigenvalue weighted by Crippen LogP contribution is -2.41. The lowest BCUT2D eigenvalue weighted by atomic mass is 9.96. The fourth-order valence-corrected chi connectivity index (χ4v) is 2.78. The Morgan fingerprint density at radius 3 is 2.17 bits per heavy atom. The van der Waals surface area contributed by atoms with E-state index in [-0.39, 0.29) is 5.79 Å². The molecule has 1 aliphatic heterocycles. The molecule has 1 aliphatic rings. The van der Waals surface area contributed by atoms with Crippen molar-refractivity contribution in [2.24, 2.45) is 5.92 Å². The van der Waals surface area contributed by atoms with Crippen LogP contribution < -0.4 is 0 Å². The van der Waals surface area contributed by atoms with Crippen molar-refractivity contribution in [1.29, 1.82) is 0 Å². The molecule has 0 N–H and O–H groups in total. The first-order valence-corrected chi connectivity index (χ1v) is 7.96. The van der Waals surface area contributed by atoms with Crippen molar-refractivity contribution in [3.8, 4) is 0 Å². The van der Waals surface area contributed by atoms with Gasteiger partial charge in [-0.05, 0) is 18.8 Å². The van der Waals surface area contributed by atoms with Crippen LogP contribution in [-0.4, -0.2) is 19.0 Å². The van der Waals surface area contributed by atoms with E-state index in [0.29, 0.717) is 5.92 Å². The van der Waals surface area contributed by atoms with E-state index < -0.39 is 0 Å². The predicted molar refractivity (Wildman–Crippen MR) is 76.7 cm³/mol. The van der Waals surface area contributed by atoms with Crippen molar-refractivity contribution in [2.45, 2.75) is 84.3 Å². The molecule has 0 aromatic heterocycles. The molecule has 1 rings (SSSR count). The summed E-state index contributed by atoms with van der Waals surface area (Å²) in [6.45, 7) is 8.53. The summed E-state index contributed by atoms with van der Waals surface area (Å²) in [7, 11) is 0. The van der Waals surface area contributed by atoms with Crippen molar-refractivity contribution in [3.63, 3.8) is 0 Å². The molecule has 2 heteroatoms. The van der Waals surface area contributed by atoms with Gasteiger partial charge in [-0.25, -0.2) is 0 Å². The third-order valence-corrected chi connectivity index (χ3v) is 3.65. The third kappa shape index (κ3) is 6.19. The van der Waals surface area contributed by atoms with Gasteiger partial charge in [0, 0.05) is 12.8 Å². The largest absolute Gasteiger partial charge is 0.350 e. The lowest BCUT2D eigenvalue weighted by Gasteiger charge is -2.38. The predicted octanol–water partition coefficient (Wildman–Crippen LogP) is 4.92. The molecule has 0 saturated carbocycles. The summed E-state index contributed by atoms with van der Waals surface area (Å²) in [5.41, 5.74) is 0. The van der Waals surface area contributed by atoms with Crippen LogP contribution in [0.4, 0.5) is 0 Å². The zero-order valence-corrected chi connectivity index (χ0v) is 12.7. The van der Waals surface area contributed by atoms with Crippen molar-refractivity contribution < 1.29 is 9.47 Å². The second-order valence-corrected chi connectivity index (χ2v) is 6.08. The van der Waals surface area contributed by atoms with Crippen LogP contribution in [0.15, 0.2) is 0 Å². The van der Waals surface area contributed by atoms with Crippen LogP contribution in [0.3, 0.4) is 0 Å². The minimum absolute atomic E-state index is 0.253. The van der Waals surface area contributed by atoms with Crippen LogP contribution in [0.1, 0.15) is 78.6 Å². The summed E-state index contributed by atoms with van der Waals surface area (Å²) in [5, 5.41) is 0. The molecule has 0 amide bonds. The second-order valence-electron chi connectivity index (χ2n) is 6.08. The number of unbranched alkanes of at least 4 members (excludes halogenated alkanes) is 5. The van der Waals surface area contributed by atoms with Gasteiger partial charge in [0.25, 0.3) is 0 Å². The average Bonchev–Trinajstić information content (AvgIpc) is 2.34. The lowest BCUT2D eigenvalue weighted by molar-refractivity contribution is -0.277. The molecule has 0 aliphatic carbocycles. The number of rotatable bonds is 9. The highest BCUT2D eigenvalue weighted by Gasteiger charge is 2.34. The maximum atomic E-state index is 5.98. The van der Waals surface area contributed by atoms with Crippen LogP contribution in [0, 0.1) is 5.92 Å². The van der Waals surface area contributed by atoms with E-state index in [4.69, 9.17) is 9.47 Å². The van der Waals surface area contributed by atoms with Crippen molar-refractivity contribution in [1.82, 2.24) is 0 Å². The van der Waals surface area contributed by atoms with Crippen molar-refractivity contribution in [3.05, 3.63) is 0 Å². The summed E-state index contributed by atoms with van der Waals surface area (Å²) in [6, 6.07) is 0. The van der Waals surface area contributed by atoms with Crippen LogP contribution >= 0.6 is 0 Å². The molecule has 0 unspecified atom stereocenters. The van der Waals surface area contributed by atoms with E-state index in [1.165, 1.54) is 38.5 Å². The molecule has 0 radical (unpaired) electrons. The topological polar surface area (TPSA) is 18.5 Å². The molecular formula is C16H32O2. The molecule has 108 valence electrons. The molecular weight excluding hydrogens is 224 g/mol. The Hall–Kier alpha value is -0.0800. The summed E-state index contributed by atoms with van der Waals surface area (Å²) < 4.78 is 12.0. The maximum Gasteiger partial charge on any atom is 0.168 e. The minimum Gasteiger partial charge on any atom is -0.350 e. The summed E-state index contributed by atoms with van der Waals surface area (Å²) in [4.78, 5) is 0. The van der Waals surface area contributed by atoms with E-state index in [1.807, 2.05) is 0 Å². The Kier molecular flexibility index (Phi) is 7.92. The molecule has 1 saturated heterocycles. The molecule has 2 nitrogen and oxygen atoms in total. The molecule has 0 atom stereocenters. The second kappa shape index (κ2) is 8.92. The van der Waals surface area contributed by atoms with Crippen LogP contribution in [-0.2, 0) is 9.47 Å². The Labute approximate surface area is 113 Å². The summed E-state index contributed by atoms with van der Waals surface area (Å²) in [6.07, 6.45) is 11.2. The van der Waals surface area contributed by atoms with Gasteiger partial charge >= 0.3 is 0 Å². The molecule has 0 aromatic carbocycles. The van der Waals surface area contributed by atoms with Gasteiger partial charge in [-0.15, -0.1) is 0 Å². The average molecular weight is 256 g/mol. The number of ether oxygens (including phenoxy) is 2. The van der Waals surface area contributed by atoms with Gasteiger partial charge in [0.15, 0.2) is 5.79 Å². The third-order valence-electron chi connectivity index (χ3n) is 3.65. The van der Waals surface area contributed by atoms with Crippen molar-refractivity contribution in [2.75, 3.05) is 13.2 Å². The Bertz CT molecular complexity index is 195. The fraction of sp³-hybridized carbons (Fsp3) is 1.00. The molecule has 18 heavy (non-hydrogen) atoms. The van der Waals surface area contributed by atoms with Gasteiger partial charge in [-0.2, -0.15) is 0 Å². The molecule has 0 aromatic rings. The van der Waals surface area contributed by atoms with E-state index in [9.17, 15) is 0 Å². The minimum atomic E-state index is -0.253. The first-order chi connectivity index (χ1) is 8.68. The molecule has 0 spiro atoms. The Balaban J connectivity index is 2.23. The SMILES string of the molecule is CCCCCCCCC1(CC(C)C)OCCCO1. The molecule has 1 fully saturated rings. The normalized spacial score (nSPS) is 19.3. The number of hydrogen-bond donors (Lipinski definition) is 0. The fourth-order valence-electron chi connectivity index (χ4n) is 2.78. The van der Waals surface area contributed by atoms with Crippen molar-refractivity contribution >= 4 is 0 Å². The molecule has 0 bridgehead atoms. The van der Waals surface area contributed by atoms with Gasteiger partial charge in [0.1, 0.15) is 0 Å². The highest BCUT2D eigenvalue weighted by atomic mass is 16.7. The highest BCUT2D eigenvalue weighted by molar-refractivity contribution is 4.75. The number of hydrogen-bond acceptors (Lipinski definition) is 2. The zero-order chi connectivity index (χ0) is 13.3. The maximum absolute atomic E-state index is 5.98. The Morgan fingerprint density at radius 1 is 0.944 bits per heavy atom. The van der Waals surface area contributed by atoms with E-state index in [0.717, 1.165) is 32.5 Å². The van der Waals surface area contributed by atoms with E-state index in [1.54, 1.807) is 0 Å². The zero-order valence-electron chi connectivity index (χ0n) is 12.7.